The van der Waals surface area contributed by atoms with Gasteiger partial charge in [0.05, 0.1) is 18.3 Å². The summed E-state index contributed by atoms with van der Waals surface area (Å²) < 4.78 is 28.2. The molecule has 0 radical (unpaired) electrons. The fourth-order valence-corrected chi connectivity index (χ4v) is 3.93. The van der Waals surface area contributed by atoms with Crippen molar-refractivity contribution in [2.24, 2.45) is 0 Å². The van der Waals surface area contributed by atoms with Crippen LogP contribution in [0.2, 0.25) is 0 Å². The van der Waals surface area contributed by atoms with Gasteiger partial charge in [-0.15, -0.1) is 0 Å². The number of hydrogen-bond acceptors (Lipinski definition) is 4. The summed E-state index contributed by atoms with van der Waals surface area (Å²) in [4.78, 5) is 0. The van der Waals surface area contributed by atoms with Crippen molar-refractivity contribution in [2.45, 2.75) is 57.9 Å². The average molecular weight is 266 g/mol. The van der Waals surface area contributed by atoms with Crippen molar-refractivity contribution in [2.75, 3.05) is 0 Å². The molecular weight excluding hydrogens is 246 g/mol. The summed E-state index contributed by atoms with van der Waals surface area (Å²) in [6, 6.07) is 0.141. The predicted octanol–water partition coefficient (Wildman–Crippen LogP) is 1.99. The Morgan fingerprint density at radius 3 is 2.75 bits per heavy atom. The highest BCUT2D eigenvalue weighted by molar-refractivity contribution is 8.44. The van der Waals surface area contributed by atoms with E-state index in [9.17, 15) is 4.57 Å². The minimum Gasteiger partial charge on any atom is -0.381 e. The molecule has 16 heavy (non-hydrogen) atoms. The van der Waals surface area contributed by atoms with Gasteiger partial charge in [-0.25, -0.2) is 4.57 Å². The Kier molecular flexibility index (Phi) is 5.40. The smallest absolute Gasteiger partial charge is 0.381 e. The fraction of sp³-hybridized carbons (Fsp3) is 1.00. The van der Waals surface area contributed by atoms with E-state index in [-0.39, 0.29) is 24.3 Å². The van der Waals surface area contributed by atoms with Crippen LogP contribution in [0, 0.1) is 0 Å². The van der Waals surface area contributed by atoms with E-state index >= 15 is 0 Å². The lowest BCUT2D eigenvalue weighted by Gasteiger charge is -2.22. The molecule has 2 unspecified atom stereocenters. The summed E-state index contributed by atoms with van der Waals surface area (Å²) >= 11 is 3.97. The van der Waals surface area contributed by atoms with Gasteiger partial charge in [0.15, 0.2) is 0 Å². The Hall–Kier alpha value is 0.525. The molecule has 4 atom stereocenters. The van der Waals surface area contributed by atoms with Crippen molar-refractivity contribution >= 4 is 26.9 Å². The van der Waals surface area contributed by atoms with E-state index in [1.807, 2.05) is 14.8 Å². The maximum atomic E-state index is 11.9. The zero-order valence-corrected chi connectivity index (χ0v) is 12.0. The second-order valence-corrected chi connectivity index (χ2v) is 7.22. The molecule has 0 saturated carbocycles. The third kappa shape index (κ3) is 4.42. The lowest BCUT2D eigenvalue weighted by molar-refractivity contribution is 0.0333. The zero-order valence-electron chi connectivity index (χ0n) is 10.3. The van der Waals surface area contributed by atoms with Gasteiger partial charge in [0, 0.05) is 6.00 Å². The van der Waals surface area contributed by atoms with E-state index in [1.54, 1.807) is 13.8 Å². The first-order chi connectivity index (χ1) is 7.34. The first kappa shape index (κ1) is 14.6. The van der Waals surface area contributed by atoms with Crippen LogP contribution in [-0.2, 0) is 18.3 Å². The van der Waals surface area contributed by atoms with E-state index < -0.39 is 6.80 Å². The molecule has 1 rings (SSSR count). The summed E-state index contributed by atoms with van der Waals surface area (Å²) in [5.41, 5.74) is 0. The quantitative estimate of drug-likeness (QED) is 0.469. The summed E-state index contributed by atoms with van der Waals surface area (Å²) in [6.45, 7) is 2.36. The molecule has 94 valence electrons. The van der Waals surface area contributed by atoms with Crippen molar-refractivity contribution < 1.29 is 18.3 Å². The van der Waals surface area contributed by atoms with Crippen LogP contribution < -0.4 is 0 Å². The Bertz CT molecular complexity index is 276. The van der Waals surface area contributed by atoms with E-state index in [2.05, 4.69) is 12.2 Å². The minimum absolute atomic E-state index is 0.00811. The monoisotopic (exact) mass is 266 g/mol. The standard InChI is InChI=1S/C9H20BO4PS/c1-4-7-8(5-9(10)12-7)14-15(11,16)13-6(2)3/h6-9H,4-5,10H2,1-3H3,(H,11,16)/t7-,8?,9-,15?/m1/s1. The molecule has 7 heteroatoms. The lowest BCUT2D eigenvalue weighted by Crippen LogP contribution is -2.22. The molecule has 1 fully saturated rings. The molecule has 1 aliphatic heterocycles. The minimum atomic E-state index is -3.26. The van der Waals surface area contributed by atoms with Crippen LogP contribution in [0.3, 0.4) is 0 Å². The van der Waals surface area contributed by atoms with Crippen molar-refractivity contribution in [3.8, 4) is 0 Å². The summed E-state index contributed by atoms with van der Waals surface area (Å²) in [6.07, 6.45) is 1.23. The van der Waals surface area contributed by atoms with Gasteiger partial charge < -0.3 is 4.74 Å². The molecule has 4 nitrogen and oxygen atoms in total. The fourth-order valence-electron chi connectivity index (χ4n) is 1.85. The highest BCUT2D eigenvalue weighted by Crippen LogP contribution is 2.56. The molecule has 0 bridgehead atoms. The van der Waals surface area contributed by atoms with Crippen molar-refractivity contribution in [3.63, 3.8) is 0 Å². The van der Waals surface area contributed by atoms with Crippen LogP contribution in [0.4, 0.5) is 0 Å². The van der Waals surface area contributed by atoms with E-state index in [0.717, 1.165) is 12.8 Å². The molecule has 0 aromatic heterocycles. The van der Waals surface area contributed by atoms with E-state index in [1.165, 1.54) is 0 Å². The van der Waals surface area contributed by atoms with Gasteiger partial charge in [0.2, 0.25) is 0 Å². The molecule has 0 aromatic rings. The number of ether oxygens (including phenoxy) is 1. The van der Waals surface area contributed by atoms with Crippen LogP contribution in [-0.4, -0.2) is 32.2 Å². The maximum Gasteiger partial charge on any atom is 0.386 e. The number of thiol groups is 1. The van der Waals surface area contributed by atoms with Gasteiger partial charge in [-0.3, -0.25) is 9.05 Å². The summed E-state index contributed by atoms with van der Waals surface area (Å²) in [5.74, 6) is 0. The molecule has 0 amide bonds. The van der Waals surface area contributed by atoms with Crippen LogP contribution in [0.5, 0.6) is 0 Å². The molecule has 0 spiro atoms. The Balaban J connectivity index is 2.55. The largest absolute Gasteiger partial charge is 0.386 e. The first-order valence-corrected chi connectivity index (χ1v) is 8.38. The van der Waals surface area contributed by atoms with Crippen LogP contribution in [0.25, 0.3) is 0 Å². The van der Waals surface area contributed by atoms with Crippen LogP contribution in [0.15, 0.2) is 0 Å². The van der Waals surface area contributed by atoms with Gasteiger partial charge in [-0.1, -0.05) is 19.2 Å². The SMILES string of the molecule is B[C@H]1CC(OP(=O)(S)OC(C)C)[C@@H](CC)O1. The second-order valence-electron chi connectivity index (χ2n) is 4.40. The Morgan fingerprint density at radius 1 is 1.62 bits per heavy atom. The van der Waals surface area contributed by atoms with Crippen molar-refractivity contribution in [1.82, 2.24) is 0 Å². The van der Waals surface area contributed by atoms with E-state index in [0.29, 0.717) is 0 Å². The zero-order chi connectivity index (χ0) is 12.3. The molecule has 0 aliphatic carbocycles. The third-order valence-corrected chi connectivity index (χ3v) is 4.19. The van der Waals surface area contributed by atoms with Gasteiger partial charge >= 0.3 is 6.80 Å². The van der Waals surface area contributed by atoms with Gasteiger partial charge in [-0.2, -0.15) is 0 Å². The predicted molar refractivity (Wildman–Crippen MR) is 69.8 cm³/mol. The summed E-state index contributed by atoms with van der Waals surface area (Å²) in [7, 11) is 1.98. The van der Waals surface area contributed by atoms with Crippen molar-refractivity contribution in [3.05, 3.63) is 0 Å². The highest BCUT2D eigenvalue weighted by Gasteiger charge is 2.37. The number of hydrogen-bond donors (Lipinski definition) is 1. The molecular formula is C9H20BO4PS. The van der Waals surface area contributed by atoms with Gasteiger partial charge in [-0.05, 0) is 26.7 Å². The van der Waals surface area contributed by atoms with Gasteiger partial charge in [0.1, 0.15) is 7.85 Å². The molecule has 1 heterocycles. The molecule has 1 saturated heterocycles. The molecule has 1 aliphatic rings. The normalized spacial score (nSPS) is 34.2. The molecule has 0 aromatic carbocycles. The average Bonchev–Trinajstić information content (AvgIpc) is 2.42. The summed E-state index contributed by atoms with van der Waals surface area (Å²) in [5, 5.41) is 0. The Labute approximate surface area is 104 Å². The number of rotatable bonds is 5. The molecule has 0 N–H and O–H groups in total. The van der Waals surface area contributed by atoms with Gasteiger partial charge in [0.25, 0.3) is 0 Å². The van der Waals surface area contributed by atoms with Crippen molar-refractivity contribution in [1.29, 1.82) is 0 Å². The van der Waals surface area contributed by atoms with E-state index in [4.69, 9.17) is 13.8 Å². The first-order valence-electron chi connectivity index (χ1n) is 5.69. The topological polar surface area (TPSA) is 44.8 Å². The van der Waals surface area contributed by atoms with Crippen LogP contribution in [0.1, 0.15) is 33.6 Å². The highest BCUT2D eigenvalue weighted by atomic mass is 32.7. The second kappa shape index (κ2) is 5.92. The Morgan fingerprint density at radius 2 is 2.25 bits per heavy atom. The lowest BCUT2D eigenvalue weighted by atomic mass is 9.96. The maximum absolute atomic E-state index is 11.9. The van der Waals surface area contributed by atoms with Crippen LogP contribution >= 0.6 is 19.0 Å². The third-order valence-electron chi connectivity index (χ3n) is 2.40.